The second-order valence-corrected chi connectivity index (χ2v) is 7.31. The fourth-order valence-electron chi connectivity index (χ4n) is 2.08. The van der Waals surface area contributed by atoms with Gasteiger partial charge >= 0.3 is 0 Å². The molecule has 2 heterocycles. The van der Waals surface area contributed by atoms with E-state index in [1.54, 1.807) is 22.7 Å². The summed E-state index contributed by atoms with van der Waals surface area (Å²) in [6.07, 6.45) is 4.83. The smallest absolute Gasteiger partial charge is 0.220 e. The van der Waals surface area contributed by atoms with Crippen LogP contribution in [0.25, 0.3) is 10.6 Å². The zero-order valence-electron chi connectivity index (χ0n) is 12.6. The standard InChI is InChI=1S/C16H22N2OS2/c1-3-4-5-6-16(19)17-10-9-13-7-8-15(21-13)14-11-20-12(2)18-14/h7-8,11H,3-6,9-10H2,1-2H3,(H,17,19). The number of hydrogen-bond donors (Lipinski definition) is 1. The van der Waals surface area contributed by atoms with Crippen LogP contribution in [-0.4, -0.2) is 17.4 Å². The molecule has 0 fully saturated rings. The molecule has 0 spiro atoms. The minimum Gasteiger partial charge on any atom is -0.356 e. The van der Waals surface area contributed by atoms with Crippen molar-refractivity contribution in [3.8, 4) is 10.6 Å². The molecule has 0 atom stereocenters. The Morgan fingerprint density at radius 1 is 1.33 bits per heavy atom. The third-order valence-electron chi connectivity index (χ3n) is 3.23. The van der Waals surface area contributed by atoms with Gasteiger partial charge in [-0.1, -0.05) is 19.8 Å². The summed E-state index contributed by atoms with van der Waals surface area (Å²) in [7, 11) is 0. The van der Waals surface area contributed by atoms with Gasteiger partial charge in [-0.15, -0.1) is 22.7 Å². The third kappa shape index (κ3) is 5.25. The summed E-state index contributed by atoms with van der Waals surface area (Å²) in [6.45, 7) is 4.90. The highest BCUT2D eigenvalue weighted by atomic mass is 32.1. The molecule has 1 N–H and O–H groups in total. The summed E-state index contributed by atoms with van der Waals surface area (Å²) in [4.78, 5) is 18.6. The van der Waals surface area contributed by atoms with Crippen molar-refractivity contribution in [1.29, 1.82) is 0 Å². The van der Waals surface area contributed by atoms with Crippen LogP contribution in [-0.2, 0) is 11.2 Å². The second-order valence-electron chi connectivity index (χ2n) is 5.07. The first kappa shape index (κ1) is 16.2. The van der Waals surface area contributed by atoms with Crippen LogP contribution < -0.4 is 5.32 Å². The predicted molar refractivity (Wildman–Crippen MR) is 91.0 cm³/mol. The Balaban J connectivity index is 1.74. The lowest BCUT2D eigenvalue weighted by molar-refractivity contribution is -0.121. The van der Waals surface area contributed by atoms with E-state index in [1.807, 2.05) is 6.92 Å². The van der Waals surface area contributed by atoms with Crippen molar-refractivity contribution in [3.63, 3.8) is 0 Å². The maximum Gasteiger partial charge on any atom is 0.220 e. The zero-order valence-corrected chi connectivity index (χ0v) is 14.3. The molecule has 0 aliphatic heterocycles. The summed E-state index contributed by atoms with van der Waals surface area (Å²) in [5.74, 6) is 0.176. The number of unbranched alkanes of at least 4 members (excludes halogenated alkanes) is 2. The van der Waals surface area contributed by atoms with Crippen LogP contribution in [0.15, 0.2) is 17.5 Å². The van der Waals surface area contributed by atoms with E-state index in [1.165, 1.54) is 9.75 Å². The molecule has 21 heavy (non-hydrogen) atoms. The van der Waals surface area contributed by atoms with Crippen molar-refractivity contribution in [2.45, 2.75) is 46.0 Å². The Morgan fingerprint density at radius 3 is 2.90 bits per heavy atom. The number of thiazole rings is 1. The number of amides is 1. The van der Waals surface area contributed by atoms with Crippen molar-refractivity contribution in [2.75, 3.05) is 6.54 Å². The van der Waals surface area contributed by atoms with Gasteiger partial charge in [-0.3, -0.25) is 4.79 Å². The average Bonchev–Trinajstić information content (AvgIpc) is 3.08. The molecule has 1 amide bonds. The van der Waals surface area contributed by atoms with Crippen molar-refractivity contribution in [3.05, 3.63) is 27.4 Å². The van der Waals surface area contributed by atoms with Gasteiger partial charge in [0.1, 0.15) is 0 Å². The van der Waals surface area contributed by atoms with E-state index in [0.29, 0.717) is 6.42 Å². The molecule has 0 bridgehead atoms. The summed E-state index contributed by atoms with van der Waals surface area (Å²) in [5.41, 5.74) is 1.07. The van der Waals surface area contributed by atoms with Crippen LogP contribution in [0.2, 0.25) is 0 Å². The van der Waals surface area contributed by atoms with Crippen molar-refractivity contribution >= 4 is 28.6 Å². The molecule has 2 aromatic rings. The quantitative estimate of drug-likeness (QED) is 0.731. The molecule has 0 aliphatic rings. The summed E-state index contributed by atoms with van der Waals surface area (Å²) in [6, 6.07) is 4.26. The monoisotopic (exact) mass is 322 g/mol. The minimum absolute atomic E-state index is 0.176. The summed E-state index contributed by atoms with van der Waals surface area (Å²) >= 11 is 3.44. The molecule has 0 saturated carbocycles. The fraction of sp³-hybridized carbons (Fsp3) is 0.500. The number of carbonyl (C=O) groups is 1. The molecule has 0 saturated heterocycles. The minimum atomic E-state index is 0.176. The molecule has 0 radical (unpaired) electrons. The Hall–Kier alpha value is -1.20. The van der Waals surface area contributed by atoms with Crippen molar-refractivity contribution in [2.24, 2.45) is 0 Å². The number of nitrogens with one attached hydrogen (secondary N) is 1. The van der Waals surface area contributed by atoms with Gasteiger partial charge in [0.15, 0.2) is 0 Å². The second kappa shape index (κ2) is 8.29. The molecule has 0 aliphatic carbocycles. The van der Waals surface area contributed by atoms with Crippen LogP contribution >= 0.6 is 22.7 Å². The van der Waals surface area contributed by atoms with Gasteiger partial charge in [0.25, 0.3) is 0 Å². The number of carbonyl (C=O) groups excluding carboxylic acids is 1. The molecule has 3 nitrogen and oxygen atoms in total. The molecule has 5 heteroatoms. The molecule has 2 rings (SSSR count). The maximum atomic E-state index is 11.6. The molecule has 2 aromatic heterocycles. The number of aromatic nitrogens is 1. The van der Waals surface area contributed by atoms with Gasteiger partial charge in [0, 0.05) is 23.2 Å². The molecule has 0 aromatic carbocycles. The van der Waals surface area contributed by atoms with E-state index < -0.39 is 0 Å². The van der Waals surface area contributed by atoms with Gasteiger partial charge in [-0.2, -0.15) is 0 Å². The topological polar surface area (TPSA) is 42.0 Å². The number of hydrogen-bond acceptors (Lipinski definition) is 4. The van der Waals surface area contributed by atoms with Gasteiger partial charge in [-0.25, -0.2) is 4.98 Å². The van der Waals surface area contributed by atoms with Gasteiger partial charge < -0.3 is 5.32 Å². The highest BCUT2D eigenvalue weighted by Crippen LogP contribution is 2.29. The first-order chi connectivity index (χ1) is 10.2. The first-order valence-corrected chi connectivity index (χ1v) is 9.16. The van der Waals surface area contributed by atoms with Gasteiger partial charge in [0.05, 0.1) is 15.6 Å². The number of nitrogens with zero attached hydrogens (tertiary/aromatic N) is 1. The predicted octanol–water partition coefficient (Wildman–Crippen LogP) is 4.42. The van der Waals surface area contributed by atoms with Crippen LogP contribution in [0.5, 0.6) is 0 Å². The average molecular weight is 322 g/mol. The number of aryl methyl sites for hydroxylation is 1. The number of thiophene rings is 1. The normalized spacial score (nSPS) is 10.8. The third-order valence-corrected chi connectivity index (χ3v) is 5.18. The highest BCUT2D eigenvalue weighted by Gasteiger charge is 2.06. The first-order valence-electron chi connectivity index (χ1n) is 7.47. The van der Waals surface area contributed by atoms with Crippen molar-refractivity contribution < 1.29 is 4.79 Å². The van der Waals surface area contributed by atoms with E-state index >= 15 is 0 Å². The Kier molecular flexibility index (Phi) is 6.39. The van der Waals surface area contributed by atoms with E-state index in [2.05, 4.69) is 34.7 Å². The lowest BCUT2D eigenvalue weighted by Gasteiger charge is -2.03. The largest absolute Gasteiger partial charge is 0.356 e. The van der Waals surface area contributed by atoms with Gasteiger partial charge in [-0.05, 0) is 31.9 Å². The molecular formula is C16H22N2OS2. The van der Waals surface area contributed by atoms with Crippen molar-refractivity contribution in [1.82, 2.24) is 10.3 Å². The Bertz CT molecular complexity index is 574. The lowest BCUT2D eigenvalue weighted by Crippen LogP contribution is -2.25. The summed E-state index contributed by atoms with van der Waals surface area (Å²) < 4.78 is 0. The van der Waals surface area contributed by atoms with E-state index in [0.717, 1.165) is 42.9 Å². The molecule has 114 valence electrons. The van der Waals surface area contributed by atoms with E-state index in [9.17, 15) is 4.79 Å². The van der Waals surface area contributed by atoms with Crippen LogP contribution in [0.4, 0.5) is 0 Å². The maximum absolute atomic E-state index is 11.6. The zero-order chi connectivity index (χ0) is 15.1. The van der Waals surface area contributed by atoms with E-state index in [-0.39, 0.29) is 5.91 Å². The molecular weight excluding hydrogens is 300 g/mol. The SMILES string of the molecule is CCCCCC(=O)NCCc1ccc(-c2csc(C)n2)s1. The number of rotatable bonds is 8. The van der Waals surface area contributed by atoms with Crippen LogP contribution in [0, 0.1) is 6.92 Å². The highest BCUT2D eigenvalue weighted by molar-refractivity contribution is 7.16. The van der Waals surface area contributed by atoms with Gasteiger partial charge in [0.2, 0.25) is 5.91 Å². The fourth-order valence-corrected chi connectivity index (χ4v) is 3.73. The Morgan fingerprint density at radius 2 is 2.19 bits per heavy atom. The molecule has 0 unspecified atom stereocenters. The van der Waals surface area contributed by atoms with Crippen LogP contribution in [0.1, 0.15) is 42.5 Å². The Labute approximate surface area is 134 Å². The lowest BCUT2D eigenvalue weighted by atomic mass is 10.2. The van der Waals surface area contributed by atoms with Crippen LogP contribution in [0.3, 0.4) is 0 Å². The summed E-state index contributed by atoms with van der Waals surface area (Å²) in [5, 5.41) is 6.19. The van der Waals surface area contributed by atoms with E-state index in [4.69, 9.17) is 0 Å².